The van der Waals surface area contributed by atoms with Crippen LogP contribution in [-0.2, 0) is 14.0 Å². The quantitative estimate of drug-likeness (QED) is 0.336. The van der Waals surface area contributed by atoms with E-state index in [1.165, 1.54) is 0 Å². The number of alkyl carbamates (subject to hydrolysis) is 1. The maximum atomic E-state index is 12.8. The molecule has 0 saturated heterocycles. The van der Waals surface area contributed by atoms with Crippen molar-refractivity contribution >= 4 is 30.6 Å². The lowest BCUT2D eigenvalue weighted by Gasteiger charge is -2.45. The molecule has 0 saturated carbocycles. The van der Waals surface area contributed by atoms with Crippen LogP contribution in [0.3, 0.4) is 0 Å². The number of amides is 1. The number of nitrogens with one attached hydrogen (secondary N) is 1. The molecule has 0 spiro atoms. The van der Waals surface area contributed by atoms with Crippen molar-refractivity contribution in [3.8, 4) is 0 Å². The molecule has 6 heteroatoms. The summed E-state index contributed by atoms with van der Waals surface area (Å²) >= 11 is 0. The van der Waals surface area contributed by atoms with Gasteiger partial charge < -0.3 is 14.5 Å². The van der Waals surface area contributed by atoms with E-state index in [0.717, 1.165) is 10.4 Å². The fraction of sp³-hybridized carbons (Fsp3) is 0.448. The highest BCUT2D eigenvalue weighted by molar-refractivity contribution is 6.99. The smallest absolute Gasteiger partial charge is 0.407 e. The van der Waals surface area contributed by atoms with Crippen LogP contribution in [0, 0.1) is 0 Å². The number of hydrogen-bond donors (Lipinski definition) is 1. The molecular formula is C29H41NO4Si. The van der Waals surface area contributed by atoms with Crippen LogP contribution in [0.25, 0.3) is 0 Å². The van der Waals surface area contributed by atoms with Crippen LogP contribution in [0.1, 0.15) is 60.8 Å². The summed E-state index contributed by atoms with van der Waals surface area (Å²) in [5.41, 5.74) is -0.613. The van der Waals surface area contributed by atoms with Crippen molar-refractivity contribution in [3.63, 3.8) is 0 Å². The molecule has 0 aliphatic heterocycles. The summed E-state index contributed by atoms with van der Waals surface area (Å²) < 4.78 is 12.6. The SMILES string of the molecule is C=CCCC(=O)C[C@H](CNC(=O)OC(C)(C)C)O[Si](c1ccccc1)(c1ccccc1)C(C)(C)C. The molecule has 35 heavy (non-hydrogen) atoms. The van der Waals surface area contributed by atoms with E-state index in [4.69, 9.17) is 9.16 Å². The van der Waals surface area contributed by atoms with Gasteiger partial charge in [0.25, 0.3) is 8.32 Å². The minimum Gasteiger partial charge on any atom is -0.444 e. The summed E-state index contributed by atoms with van der Waals surface area (Å²) in [7, 11) is -2.89. The Morgan fingerprint density at radius 3 is 1.89 bits per heavy atom. The third-order valence-corrected chi connectivity index (χ3v) is 10.8. The average Bonchev–Trinajstić information content (AvgIpc) is 2.78. The van der Waals surface area contributed by atoms with Gasteiger partial charge in [0.2, 0.25) is 0 Å². The zero-order valence-electron chi connectivity index (χ0n) is 22.1. The van der Waals surface area contributed by atoms with Crippen molar-refractivity contribution in [1.82, 2.24) is 5.32 Å². The Morgan fingerprint density at radius 1 is 0.943 bits per heavy atom. The Labute approximate surface area is 212 Å². The molecule has 1 N–H and O–H groups in total. The number of carbonyl (C=O) groups excluding carboxylic acids is 2. The van der Waals surface area contributed by atoms with Gasteiger partial charge in [0.1, 0.15) is 11.4 Å². The van der Waals surface area contributed by atoms with E-state index in [-0.39, 0.29) is 23.8 Å². The molecule has 2 rings (SSSR count). The summed E-state index contributed by atoms with van der Waals surface area (Å²) in [5, 5.41) is 4.84. The van der Waals surface area contributed by atoms with Crippen LogP contribution in [0.15, 0.2) is 73.3 Å². The predicted molar refractivity (Wildman–Crippen MR) is 146 cm³/mol. The highest BCUT2D eigenvalue weighted by Crippen LogP contribution is 2.37. The van der Waals surface area contributed by atoms with Gasteiger partial charge in [-0.05, 0) is 42.6 Å². The summed E-state index contributed by atoms with van der Waals surface area (Å²) in [4.78, 5) is 25.3. The topological polar surface area (TPSA) is 64.6 Å². The number of Topliss-reactive ketones (excluding diaryl/α,β-unsaturated/α-hetero) is 1. The van der Waals surface area contributed by atoms with E-state index in [1.807, 2.05) is 57.2 Å². The maximum Gasteiger partial charge on any atom is 0.407 e. The van der Waals surface area contributed by atoms with Gasteiger partial charge in [0.15, 0.2) is 0 Å². The van der Waals surface area contributed by atoms with Crippen molar-refractivity contribution in [1.29, 1.82) is 0 Å². The summed E-state index contributed by atoms with van der Waals surface area (Å²) in [6.07, 6.45) is 1.93. The van der Waals surface area contributed by atoms with Crippen molar-refractivity contribution in [2.45, 2.75) is 77.5 Å². The Hall–Kier alpha value is -2.70. The minimum absolute atomic E-state index is 0.0822. The van der Waals surface area contributed by atoms with Crippen molar-refractivity contribution in [3.05, 3.63) is 73.3 Å². The summed E-state index contributed by atoms with van der Waals surface area (Å²) in [5.74, 6) is 0.0822. The monoisotopic (exact) mass is 495 g/mol. The number of allylic oxidation sites excluding steroid dienone is 1. The zero-order valence-corrected chi connectivity index (χ0v) is 23.1. The molecule has 2 aromatic carbocycles. The zero-order chi connectivity index (χ0) is 26.1. The maximum absolute atomic E-state index is 12.8. The number of ether oxygens (including phenoxy) is 1. The lowest BCUT2D eigenvalue weighted by molar-refractivity contribution is -0.120. The predicted octanol–water partition coefficient (Wildman–Crippen LogP) is 5.38. The van der Waals surface area contributed by atoms with Gasteiger partial charge in [0, 0.05) is 19.4 Å². The number of rotatable bonds is 11. The number of hydrogen-bond acceptors (Lipinski definition) is 4. The highest BCUT2D eigenvalue weighted by atomic mass is 28.4. The van der Waals surface area contributed by atoms with Crippen LogP contribution in [-0.4, -0.2) is 38.4 Å². The number of benzene rings is 2. The molecule has 0 unspecified atom stereocenters. The Morgan fingerprint density at radius 2 is 1.46 bits per heavy atom. The van der Waals surface area contributed by atoms with Gasteiger partial charge in [0.05, 0.1) is 6.10 Å². The van der Waals surface area contributed by atoms with Crippen molar-refractivity contribution in [2.75, 3.05) is 6.54 Å². The summed E-state index contributed by atoms with van der Waals surface area (Å²) in [6, 6.07) is 20.6. The molecule has 0 aliphatic carbocycles. The second-order valence-corrected chi connectivity index (χ2v) is 15.1. The largest absolute Gasteiger partial charge is 0.444 e. The molecule has 0 heterocycles. The van der Waals surface area contributed by atoms with Crippen molar-refractivity contribution in [2.24, 2.45) is 0 Å². The van der Waals surface area contributed by atoms with Gasteiger partial charge in [-0.1, -0.05) is 87.5 Å². The molecule has 2 aromatic rings. The molecule has 0 bridgehead atoms. The fourth-order valence-electron chi connectivity index (χ4n) is 4.23. The van der Waals surface area contributed by atoms with E-state index in [2.05, 4.69) is 56.9 Å². The molecule has 0 aromatic heterocycles. The van der Waals surface area contributed by atoms with E-state index >= 15 is 0 Å². The first-order valence-electron chi connectivity index (χ1n) is 12.3. The van der Waals surface area contributed by atoms with E-state index < -0.39 is 26.1 Å². The second kappa shape index (κ2) is 12.3. The number of carbonyl (C=O) groups is 2. The van der Waals surface area contributed by atoms with Crippen LogP contribution >= 0.6 is 0 Å². The standard InChI is InChI=1S/C29H41NO4Si/c1-8-9-16-23(31)21-24(22-30-27(32)33-28(2,3)4)34-35(29(5,6)7,25-17-12-10-13-18-25)26-19-14-11-15-20-26/h8,10-15,17-20,24H,1,9,16,21-22H2,2-7H3,(H,30,32)/t24-/m1/s1. The van der Waals surface area contributed by atoms with Gasteiger partial charge >= 0.3 is 6.09 Å². The van der Waals surface area contributed by atoms with Crippen LogP contribution < -0.4 is 15.7 Å². The lowest BCUT2D eigenvalue weighted by Crippen LogP contribution is -2.68. The molecule has 190 valence electrons. The summed E-state index contributed by atoms with van der Waals surface area (Å²) in [6.45, 7) is 15.9. The van der Waals surface area contributed by atoms with Gasteiger partial charge in [-0.2, -0.15) is 0 Å². The molecule has 1 amide bonds. The molecule has 5 nitrogen and oxygen atoms in total. The lowest BCUT2D eigenvalue weighted by atomic mass is 10.1. The van der Waals surface area contributed by atoms with Gasteiger partial charge in [-0.15, -0.1) is 6.58 Å². The highest BCUT2D eigenvalue weighted by Gasteiger charge is 2.51. The Bertz CT molecular complexity index is 922. The van der Waals surface area contributed by atoms with E-state index in [9.17, 15) is 9.59 Å². The van der Waals surface area contributed by atoms with Crippen LogP contribution in [0.4, 0.5) is 4.79 Å². The third kappa shape index (κ3) is 8.18. The minimum atomic E-state index is -2.89. The molecule has 1 atom stereocenters. The van der Waals surface area contributed by atoms with Crippen LogP contribution in [0.2, 0.25) is 5.04 Å². The second-order valence-electron chi connectivity index (χ2n) is 10.9. The average molecular weight is 496 g/mol. The van der Waals surface area contributed by atoms with Gasteiger partial charge in [-0.25, -0.2) is 4.79 Å². The first-order valence-corrected chi connectivity index (χ1v) is 14.2. The molecule has 0 aliphatic rings. The molecule has 0 fully saturated rings. The van der Waals surface area contributed by atoms with E-state index in [1.54, 1.807) is 6.08 Å². The fourth-order valence-corrected chi connectivity index (χ4v) is 8.91. The van der Waals surface area contributed by atoms with Crippen LogP contribution in [0.5, 0.6) is 0 Å². The first kappa shape index (κ1) is 28.5. The molecular weight excluding hydrogens is 454 g/mol. The third-order valence-electron chi connectivity index (χ3n) is 5.72. The first-order chi connectivity index (χ1) is 16.4. The molecule has 0 radical (unpaired) electrons. The normalized spacial score (nSPS) is 13.1. The number of ketones is 1. The van der Waals surface area contributed by atoms with Crippen molar-refractivity contribution < 1.29 is 18.8 Å². The van der Waals surface area contributed by atoms with Gasteiger partial charge in [-0.3, -0.25) is 4.79 Å². The van der Waals surface area contributed by atoms with E-state index in [0.29, 0.717) is 12.8 Å². The Balaban J connectivity index is 2.50. The Kier molecular flexibility index (Phi) is 10.0.